The monoisotopic (exact) mass is 268 g/mol. The van der Waals surface area contributed by atoms with Gasteiger partial charge in [0, 0.05) is 0 Å². The van der Waals surface area contributed by atoms with Gasteiger partial charge in [-0.1, -0.05) is 72.8 Å². The number of fused-ring (bicyclic) bond motifs is 5. The lowest BCUT2D eigenvalue weighted by molar-refractivity contribution is 1.67. The van der Waals surface area contributed by atoms with Crippen LogP contribution in [0.2, 0.25) is 0 Å². The van der Waals surface area contributed by atoms with E-state index in [1.54, 1.807) is 0 Å². The quantitative estimate of drug-likeness (QED) is 0.362. The van der Waals surface area contributed by atoms with Crippen LogP contribution in [0.25, 0.3) is 37.9 Å². The van der Waals surface area contributed by atoms with E-state index in [1.165, 1.54) is 37.9 Å². The highest BCUT2D eigenvalue weighted by Crippen LogP contribution is 2.35. The fraction of sp³-hybridized carbons (Fsp3) is 0.0476. The summed E-state index contributed by atoms with van der Waals surface area (Å²) in [6, 6.07) is 23.9. The summed E-state index contributed by atoms with van der Waals surface area (Å²) >= 11 is 0. The second kappa shape index (κ2) is 4.46. The lowest BCUT2D eigenvalue weighted by Gasteiger charge is -2.12. The van der Waals surface area contributed by atoms with Crippen molar-refractivity contribution in [2.75, 3.05) is 0 Å². The highest BCUT2D eigenvalue weighted by molar-refractivity contribution is 6.19. The van der Waals surface area contributed by atoms with Crippen LogP contribution in [-0.4, -0.2) is 0 Å². The van der Waals surface area contributed by atoms with Gasteiger partial charge in [-0.2, -0.15) is 0 Å². The maximum Gasteiger partial charge on any atom is -0.00929 e. The van der Waals surface area contributed by atoms with Gasteiger partial charge in [-0.05, 0) is 50.9 Å². The number of benzene rings is 4. The largest absolute Gasteiger partial charge is 0.0955 e. The van der Waals surface area contributed by atoms with E-state index in [9.17, 15) is 0 Å². The maximum absolute atomic E-state index is 4.16. The number of hydrogen-bond acceptors (Lipinski definition) is 0. The van der Waals surface area contributed by atoms with Gasteiger partial charge in [-0.15, -0.1) is 0 Å². The third kappa shape index (κ3) is 1.76. The molecule has 0 saturated heterocycles. The first-order valence-corrected chi connectivity index (χ1v) is 7.25. The molecule has 0 aliphatic rings. The van der Waals surface area contributed by atoms with Crippen molar-refractivity contribution >= 4 is 37.9 Å². The zero-order valence-corrected chi connectivity index (χ0v) is 12.1. The minimum Gasteiger partial charge on any atom is -0.0955 e. The van der Waals surface area contributed by atoms with E-state index in [-0.39, 0.29) is 0 Å². The summed E-state index contributed by atoms with van der Waals surface area (Å²) in [6.45, 7) is 6.24. The minimum atomic E-state index is 1.11. The lowest BCUT2D eigenvalue weighted by Crippen LogP contribution is -1.86. The van der Waals surface area contributed by atoms with Crippen LogP contribution in [0.1, 0.15) is 12.5 Å². The SMILES string of the molecule is C=C(C)c1cc2c3ccccc3ccc2c2ccccc12. The molecular weight excluding hydrogens is 252 g/mol. The van der Waals surface area contributed by atoms with Crippen molar-refractivity contribution in [1.82, 2.24) is 0 Å². The molecule has 0 amide bonds. The van der Waals surface area contributed by atoms with Gasteiger partial charge in [-0.25, -0.2) is 0 Å². The summed E-state index contributed by atoms with van der Waals surface area (Å²) in [5.74, 6) is 0. The molecule has 0 aromatic heterocycles. The van der Waals surface area contributed by atoms with Crippen LogP contribution < -0.4 is 0 Å². The van der Waals surface area contributed by atoms with Gasteiger partial charge < -0.3 is 0 Å². The van der Waals surface area contributed by atoms with Gasteiger partial charge in [0.25, 0.3) is 0 Å². The Morgan fingerprint density at radius 3 is 2.05 bits per heavy atom. The van der Waals surface area contributed by atoms with Crippen molar-refractivity contribution in [2.24, 2.45) is 0 Å². The van der Waals surface area contributed by atoms with Crippen LogP contribution in [0.15, 0.2) is 73.3 Å². The molecule has 4 rings (SSSR count). The van der Waals surface area contributed by atoms with Crippen molar-refractivity contribution in [2.45, 2.75) is 6.92 Å². The Morgan fingerprint density at radius 2 is 1.29 bits per heavy atom. The van der Waals surface area contributed by atoms with E-state index >= 15 is 0 Å². The first-order valence-electron chi connectivity index (χ1n) is 7.25. The van der Waals surface area contributed by atoms with E-state index in [1.807, 2.05) is 0 Å². The third-order valence-electron chi connectivity index (χ3n) is 4.23. The Hall–Kier alpha value is -2.60. The number of hydrogen-bond donors (Lipinski definition) is 0. The second-order valence-electron chi connectivity index (χ2n) is 5.63. The molecule has 0 aliphatic heterocycles. The van der Waals surface area contributed by atoms with Crippen LogP contribution in [0, 0.1) is 0 Å². The standard InChI is InChI=1S/C21H16/c1-14(2)20-13-21-16-8-4-3-7-15(16)11-12-19(21)17-9-5-6-10-18(17)20/h3-13H,1H2,2H3. The maximum atomic E-state index is 4.16. The summed E-state index contributed by atoms with van der Waals surface area (Å²) in [4.78, 5) is 0. The highest BCUT2D eigenvalue weighted by atomic mass is 14.1. The third-order valence-corrected chi connectivity index (χ3v) is 4.23. The predicted octanol–water partition coefficient (Wildman–Crippen LogP) is 6.18. The first-order chi connectivity index (χ1) is 10.3. The lowest BCUT2D eigenvalue weighted by atomic mass is 9.92. The van der Waals surface area contributed by atoms with Gasteiger partial charge in [-0.3, -0.25) is 0 Å². The molecule has 0 radical (unpaired) electrons. The summed E-state index contributed by atoms with van der Waals surface area (Å²) in [6.07, 6.45) is 0. The van der Waals surface area contributed by atoms with Crippen molar-refractivity contribution < 1.29 is 0 Å². The molecule has 0 unspecified atom stereocenters. The van der Waals surface area contributed by atoms with E-state index in [4.69, 9.17) is 0 Å². The molecule has 0 heterocycles. The zero-order chi connectivity index (χ0) is 14.4. The normalized spacial score (nSPS) is 11.3. The number of rotatable bonds is 1. The smallest absolute Gasteiger partial charge is 0.00929 e. The predicted molar refractivity (Wildman–Crippen MR) is 93.7 cm³/mol. The van der Waals surface area contributed by atoms with Crippen molar-refractivity contribution in [1.29, 1.82) is 0 Å². The highest BCUT2D eigenvalue weighted by Gasteiger charge is 2.09. The molecule has 4 aromatic carbocycles. The summed E-state index contributed by atoms with van der Waals surface area (Å²) in [5, 5.41) is 7.81. The Morgan fingerprint density at radius 1 is 0.667 bits per heavy atom. The van der Waals surface area contributed by atoms with Crippen molar-refractivity contribution in [3.8, 4) is 0 Å². The number of allylic oxidation sites excluding steroid dienone is 1. The van der Waals surface area contributed by atoms with Gasteiger partial charge in [0.1, 0.15) is 0 Å². The van der Waals surface area contributed by atoms with Crippen molar-refractivity contribution in [3.63, 3.8) is 0 Å². The fourth-order valence-electron chi connectivity index (χ4n) is 3.21. The molecular formula is C21H16. The van der Waals surface area contributed by atoms with Crippen LogP contribution in [-0.2, 0) is 0 Å². The van der Waals surface area contributed by atoms with Crippen LogP contribution in [0.5, 0.6) is 0 Å². The Kier molecular flexibility index (Phi) is 2.58. The topological polar surface area (TPSA) is 0 Å². The van der Waals surface area contributed by atoms with Crippen LogP contribution in [0.4, 0.5) is 0 Å². The van der Waals surface area contributed by atoms with Crippen molar-refractivity contribution in [3.05, 3.63) is 78.9 Å². The van der Waals surface area contributed by atoms with Gasteiger partial charge in [0.05, 0.1) is 0 Å². The molecule has 100 valence electrons. The fourth-order valence-corrected chi connectivity index (χ4v) is 3.21. The minimum absolute atomic E-state index is 1.11. The van der Waals surface area contributed by atoms with E-state index < -0.39 is 0 Å². The van der Waals surface area contributed by atoms with E-state index in [0.717, 1.165) is 5.57 Å². The van der Waals surface area contributed by atoms with Crippen LogP contribution >= 0.6 is 0 Å². The molecule has 0 spiro atoms. The van der Waals surface area contributed by atoms with Gasteiger partial charge in [0.15, 0.2) is 0 Å². The Bertz CT molecular complexity index is 1010. The summed E-state index contributed by atoms with van der Waals surface area (Å²) in [5.41, 5.74) is 2.36. The molecule has 21 heavy (non-hydrogen) atoms. The molecule has 0 bridgehead atoms. The average molecular weight is 268 g/mol. The molecule has 0 N–H and O–H groups in total. The van der Waals surface area contributed by atoms with E-state index in [0.29, 0.717) is 0 Å². The molecule has 0 nitrogen and oxygen atoms in total. The van der Waals surface area contributed by atoms with Gasteiger partial charge >= 0.3 is 0 Å². The second-order valence-corrected chi connectivity index (χ2v) is 5.63. The van der Waals surface area contributed by atoms with Crippen LogP contribution in [0.3, 0.4) is 0 Å². The molecule has 0 saturated carbocycles. The first kappa shape index (κ1) is 12.2. The Balaban J connectivity index is 2.32. The molecule has 0 aliphatic carbocycles. The molecule has 4 aromatic rings. The average Bonchev–Trinajstić information content (AvgIpc) is 2.53. The van der Waals surface area contributed by atoms with Gasteiger partial charge in [0.2, 0.25) is 0 Å². The Labute approximate surface area is 124 Å². The molecule has 0 atom stereocenters. The molecule has 0 heteroatoms. The molecule has 0 fully saturated rings. The zero-order valence-electron chi connectivity index (χ0n) is 12.1. The summed E-state index contributed by atoms with van der Waals surface area (Å²) < 4.78 is 0. The summed E-state index contributed by atoms with van der Waals surface area (Å²) in [7, 11) is 0. The van der Waals surface area contributed by atoms with E-state index in [2.05, 4.69) is 80.2 Å².